The molecular formula is C29H32N8O. The molecular weight excluding hydrogens is 476 g/mol. The SMILES string of the molecule is CN1CC2(C1)CN(c1ccc(NC(=O)c3cn(-c4cccc(-c5ccc(N(C)C)cc5)n4)nc3N)cc1)C2. The summed E-state index contributed by atoms with van der Waals surface area (Å²) in [6.45, 7) is 4.54. The topological polar surface area (TPSA) is 95.5 Å². The third-order valence-electron chi connectivity index (χ3n) is 7.39. The fraction of sp³-hybridized carbons (Fsp3) is 0.276. The van der Waals surface area contributed by atoms with Gasteiger partial charge in [-0.25, -0.2) is 9.67 Å². The summed E-state index contributed by atoms with van der Waals surface area (Å²) in [5.41, 5.74) is 11.7. The Morgan fingerprint density at radius 1 is 0.974 bits per heavy atom. The molecule has 2 aromatic carbocycles. The number of pyridine rings is 1. The first-order valence-corrected chi connectivity index (χ1v) is 12.7. The van der Waals surface area contributed by atoms with Crippen LogP contribution in [0.15, 0.2) is 72.9 Å². The molecule has 9 heteroatoms. The van der Waals surface area contributed by atoms with Crippen molar-refractivity contribution in [3.63, 3.8) is 0 Å². The Balaban J connectivity index is 1.13. The maximum absolute atomic E-state index is 13.0. The number of hydrogen-bond acceptors (Lipinski definition) is 7. The van der Waals surface area contributed by atoms with Crippen LogP contribution in [0.25, 0.3) is 17.1 Å². The lowest BCUT2D eigenvalue weighted by atomic mass is 9.73. The van der Waals surface area contributed by atoms with E-state index in [4.69, 9.17) is 10.7 Å². The molecule has 2 saturated heterocycles. The highest BCUT2D eigenvalue weighted by Crippen LogP contribution is 2.41. The number of benzene rings is 2. The number of amides is 1. The molecule has 6 rings (SSSR count). The van der Waals surface area contributed by atoms with Gasteiger partial charge in [0.2, 0.25) is 0 Å². The molecule has 0 radical (unpaired) electrons. The van der Waals surface area contributed by atoms with Gasteiger partial charge in [0.15, 0.2) is 11.6 Å². The zero-order valence-corrected chi connectivity index (χ0v) is 21.9. The van der Waals surface area contributed by atoms with Gasteiger partial charge in [-0.1, -0.05) is 18.2 Å². The standard InChI is InChI=1S/C29H32N8O/c1-34(2)22-11-7-20(8-12-22)25-5-4-6-26(32-25)37-15-24(27(30)33-37)28(38)31-21-9-13-23(14-10-21)36-18-29(19-36)16-35(3)17-29/h4-15H,16-19H2,1-3H3,(H2,30,33)(H,31,38). The molecule has 0 bridgehead atoms. The van der Waals surface area contributed by atoms with Crippen LogP contribution in [-0.2, 0) is 0 Å². The van der Waals surface area contributed by atoms with E-state index in [0.29, 0.717) is 22.5 Å². The number of anilines is 4. The molecule has 2 aliphatic rings. The number of nitrogens with two attached hydrogens (primary N) is 1. The van der Waals surface area contributed by atoms with Crippen LogP contribution in [0.1, 0.15) is 10.4 Å². The van der Waals surface area contributed by atoms with E-state index < -0.39 is 0 Å². The molecule has 2 fully saturated rings. The van der Waals surface area contributed by atoms with Crippen LogP contribution in [0.2, 0.25) is 0 Å². The maximum atomic E-state index is 13.0. The van der Waals surface area contributed by atoms with E-state index in [1.807, 2.05) is 56.6 Å². The minimum Gasteiger partial charge on any atom is -0.382 e. The van der Waals surface area contributed by atoms with E-state index in [2.05, 4.69) is 56.4 Å². The monoisotopic (exact) mass is 508 g/mol. The van der Waals surface area contributed by atoms with E-state index in [1.165, 1.54) is 18.8 Å². The molecule has 0 atom stereocenters. The van der Waals surface area contributed by atoms with E-state index in [9.17, 15) is 4.79 Å². The summed E-state index contributed by atoms with van der Waals surface area (Å²) >= 11 is 0. The lowest BCUT2D eigenvalue weighted by molar-refractivity contribution is -0.00238. The first-order valence-electron chi connectivity index (χ1n) is 12.7. The first kappa shape index (κ1) is 24.0. The minimum absolute atomic E-state index is 0.151. The number of carbonyl (C=O) groups excluding carboxylic acids is 1. The van der Waals surface area contributed by atoms with E-state index in [0.717, 1.165) is 30.0 Å². The highest BCUT2D eigenvalue weighted by atomic mass is 16.1. The third kappa shape index (κ3) is 4.45. The number of hydrogen-bond donors (Lipinski definition) is 2. The fourth-order valence-corrected chi connectivity index (χ4v) is 5.52. The molecule has 0 unspecified atom stereocenters. The van der Waals surface area contributed by atoms with Crippen molar-refractivity contribution in [2.75, 3.05) is 68.2 Å². The summed E-state index contributed by atoms with van der Waals surface area (Å²) in [4.78, 5) is 24.6. The lowest BCUT2D eigenvalue weighted by Gasteiger charge is -2.60. The van der Waals surface area contributed by atoms with Crippen molar-refractivity contribution in [1.29, 1.82) is 0 Å². The average Bonchev–Trinajstić information content (AvgIpc) is 3.28. The second-order valence-electron chi connectivity index (χ2n) is 10.7. The van der Waals surface area contributed by atoms with Gasteiger partial charge in [0.25, 0.3) is 5.91 Å². The minimum atomic E-state index is -0.308. The predicted molar refractivity (Wildman–Crippen MR) is 152 cm³/mol. The molecule has 194 valence electrons. The van der Waals surface area contributed by atoms with Crippen LogP contribution >= 0.6 is 0 Å². The van der Waals surface area contributed by atoms with Crippen molar-refractivity contribution < 1.29 is 4.79 Å². The normalized spacial score (nSPS) is 16.1. The number of nitrogens with zero attached hydrogens (tertiary/aromatic N) is 6. The maximum Gasteiger partial charge on any atom is 0.261 e. The number of likely N-dealkylation sites (tertiary alicyclic amines) is 1. The Morgan fingerprint density at radius 3 is 2.34 bits per heavy atom. The quantitative estimate of drug-likeness (QED) is 0.411. The van der Waals surface area contributed by atoms with Crippen molar-refractivity contribution >= 4 is 28.8 Å². The third-order valence-corrected chi connectivity index (χ3v) is 7.39. The van der Waals surface area contributed by atoms with Gasteiger partial charge in [-0.3, -0.25) is 4.79 Å². The molecule has 1 spiro atoms. The Kier molecular flexibility index (Phi) is 5.80. The second-order valence-corrected chi connectivity index (χ2v) is 10.7. The second kappa shape index (κ2) is 9.18. The van der Waals surface area contributed by atoms with Crippen molar-refractivity contribution in [1.82, 2.24) is 19.7 Å². The van der Waals surface area contributed by atoms with E-state index in [-0.39, 0.29) is 11.7 Å². The summed E-state index contributed by atoms with van der Waals surface area (Å²) in [6.07, 6.45) is 1.62. The smallest absolute Gasteiger partial charge is 0.261 e. The summed E-state index contributed by atoms with van der Waals surface area (Å²) in [5, 5.41) is 7.30. The zero-order chi connectivity index (χ0) is 26.4. The Labute approximate surface area is 222 Å². The number of nitrogen functional groups attached to an aromatic ring is 1. The molecule has 0 aliphatic carbocycles. The van der Waals surface area contributed by atoms with Gasteiger partial charge in [0.05, 0.1) is 5.69 Å². The number of carbonyl (C=O) groups is 1. The van der Waals surface area contributed by atoms with E-state index >= 15 is 0 Å². The Bertz CT molecular complexity index is 1460. The Morgan fingerprint density at radius 2 is 1.68 bits per heavy atom. The van der Waals surface area contributed by atoms with Crippen LogP contribution in [0.3, 0.4) is 0 Å². The van der Waals surface area contributed by atoms with Crippen LogP contribution in [0.4, 0.5) is 22.9 Å². The number of aromatic nitrogens is 3. The molecule has 0 saturated carbocycles. The van der Waals surface area contributed by atoms with Crippen LogP contribution in [-0.4, -0.2) is 72.9 Å². The van der Waals surface area contributed by atoms with Crippen molar-refractivity contribution in [2.45, 2.75) is 0 Å². The van der Waals surface area contributed by atoms with Crippen LogP contribution < -0.4 is 20.9 Å². The first-order chi connectivity index (χ1) is 18.3. The van der Waals surface area contributed by atoms with Gasteiger partial charge in [-0.2, -0.15) is 0 Å². The number of nitrogens with one attached hydrogen (secondary N) is 1. The molecule has 3 N–H and O–H groups in total. The van der Waals surface area contributed by atoms with Crippen LogP contribution in [0, 0.1) is 5.41 Å². The predicted octanol–water partition coefficient (Wildman–Crippen LogP) is 3.59. The highest BCUT2D eigenvalue weighted by Gasteiger charge is 2.50. The van der Waals surface area contributed by atoms with Gasteiger partial charge >= 0.3 is 0 Å². The van der Waals surface area contributed by atoms with Gasteiger partial charge in [0, 0.05) is 74.5 Å². The average molecular weight is 509 g/mol. The summed E-state index contributed by atoms with van der Waals surface area (Å²) in [7, 11) is 6.19. The lowest BCUT2D eigenvalue weighted by Crippen LogP contribution is -2.71. The van der Waals surface area contributed by atoms with Crippen molar-refractivity contribution in [3.8, 4) is 17.1 Å². The summed E-state index contributed by atoms with van der Waals surface area (Å²) < 4.78 is 1.54. The molecule has 9 nitrogen and oxygen atoms in total. The summed E-state index contributed by atoms with van der Waals surface area (Å²) in [6, 6.07) is 21.8. The van der Waals surface area contributed by atoms with E-state index in [1.54, 1.807) is 10.9 Å². The van der Waals surface area contributed by atoms with Crippen LogP contribution in [0.5, 0.6) is 0 Å². The van der Waals surface area contributed by atoms with Gasteiger partial charge in [-0.05, 0) is 55.6 Å². The molecule has 4 heterocycles. The molecule has 4 aromatic rings. The Hall–Kier alpha value is -4.37. The fourth-order valence-electron chi connectivity index (χ4n) is 5.52. The van der Waals surface area contributed by atoms with Gasteiger partial charge in [-0.15, -0.1) is 5.10 Å². The van der Waals surface area contributed by atoms with Gasteiger partial charge in [0.1, 0.15) is 5.56 Å². The van der Waals surface area contributed by atoms with Crippen molar-refractivity contribution in [3.05, 3.63) is 78.5 Å². The number of rotatable bonds is 6. The van der Waals surface area contributed by atoms with Crippen molar-refractivity contribution in [2.24, 2.45) is 5.41 Å². The zero-order valence-electron chi connectivity index (χ0n) is 21.9. The highest BCUT2D eigenvalue weighted by molar-refractivity contribution is 6.07. The molecule has 2 aromatic heterocycles. The van der Waals surface area contributed by atoms with Gasteiger partial charge < -0.3 is 25.8 Å². The molecule has 38 heavy (non-hydrogen) atoms. The molecule has 2 aliphatic heterocycles. The largest absolute Gasteiger partial charge is 0.382 e. The summed E-state index contributed by atoms with van der Waals surface area (Å²) in [5.74, 6) is 0.426. The molecule has 1 amide bonds.